The van der Waals surface area contributed by atoms with Gasteiger partial charge in [-0.1, -0.05) is 19.9 Å². The Bertz CT molecular complexity index is 497. The number of benzene rings is 1. The van der Waals surface area contributed by atoms with Crippen LogP contribution < -0.4 is 10.1 Å². The molecule has 0 atom stereocenters. The van der Waals surface area contributed by atoms with E-state index in [9.17, 15) is 9.59 Å². The van der Waals surface area contributed by atoms with E-state index in [1.54, 1.807) is 24.3 Å². The van der Waals surface area contributed by atoms with Gasteiger partial charge in [0.25, 0.3) is 0 Å². The zero-order chi connectivity index (χ0) is 16.3. The fraction of sp³-hybridized carbons (Fsp3) is 0.333. The van der Waals surface area contributed by atoms with Crippen molar-refractivity contribution in [1.29, 1.82) is 0 Å². The van der Waals surface area contributed by atoms with E-state index in [1.807, 2.05) is 13.8 Å². The first-order valence-corrected chi connectivity index (χ1v) is 6.39. The van der Waals surface area contributed by atoms with Gasteiger partial charge in [0.05, 0.1) is 27.4 Å². The fourth-order valence-corrected chi connectivity index (χ4v) is 1.29. The maximum absolute atomic E-state index is 11.5. The molecule has 0 aromatic heterocycles. The quantitative estimate of drug-likeness (QED) is 0.664. The van der Waals surface area contributed by atoms with Crippen LogP contribution in [0.15, 0.2) is 36.0 Å². The van der Waals surface area contributed by atoms with Crippen molar-refractivity contribution in [3.8, 4) is 5.75 Å². The highest BCUT2D eigenvalue weighted by atomic mass is 16.5. The van der Waals surface area contributed by atoms with E-state index in [2.05, 4.69) is 14.8 Å². The summed E-state index contributed by atoms with van der Waals surface area (Å²) in [6.45, 7) is 4.00. The van der Waals surface area contributed by atoms with Crippen LogP contribution >= 0.6 is 0 Å². The van der Waals surface area contributed by atoms with Crippen molar-refractivity contribution in [3.05, 3.63) is 36.0 Å². The maximum Gasteiger partial charge on any atom is 0.354 e. The number of ether oxygens (including phenoxy) is 3. The van der Waals surface area contributed by atoms with E-state index in [4.69, 9.17) is 4.74 Å². The number of nitrogens with one attached hydrogen (secondary N) is 1. The lowest BCUT2D eigenvalue weighted by Gasteiger charge is -2.10. The SMILES string of the molecule is CC.COC(=O)/C=C(\Nc1cccc(OC)c1)C(=O)OC. The third-order valence-electron chi connectivity index (χ3n) is 2.22. The number of hydrogen-bond acceptors (Lipinski definition) is 6. The summed E-state index contributed by atoms with van der Waals surface area (Å²) in [7, 11) is 3.98. The molecule has 0 heterocycles. The Kier molecular flexibility index (Phi) is 9.08. The highest BCUT2D eigenvalue weighted by Crippen LogP contribution is 2.18. The van der Waals surface area contributed by atoms with Crippen molar-refractivity contribution < 1.29 is 23.8 Å². The molecule has 0 radical (unpaired) electrons. The van der Waals surface area contributed by atoms with Crippen molar-refractivity contribution in [2.75, 3.05) is 26.6 Å². The molecule has 0 bridgehead atoms. The molecule has 0 aliphatic rings. The van der Waals surface area contributed by atoms with Crippen LogP contribution in [0.1, 0.15) is 13.8 Å². The molecular weight excluding hydrogens is 274 g/mol. The van der Waals surface area contributed by atoms with Crippen LogP contribution in [0.3, 0.4) is 0 Å². The number of rotatable bonds is 5. The van der Waals surface area contributed by atoms with Gasteiger partial charge in [-0.15, -0.1) is 0 Å². The van der Waals surface area contributed by atoms with Crippen molar-refractivity contribution >= 4 is 17.6 Å². The minimum absolute atomic E-state index is 0.0254. The molecule has 0 fully saturated rings. The third-order valence-corrected chi connectivity index (χ3v) is 2.22. The highest BCUT2D eigenvalue weighted by molar-refractivity contribution is 5.98. The van der Waals surface area contributed by atoms with Gasteiger partial charge < -0.3 is 19.5 Å². The summed E-state index contributed by atoms with van der Waals surface area (Å²) in [4.78, 5) is 22.7. The van der Waals surface area contributed by atoms with E-state index >= 15 is 0 Å². The minimum atomic E-state index is -0.673. The Morgan fingerprint density at radius 2 is 1.76 bits per heavy atom. The Hall–Kier alpha value is -2.50. The Balaban J connectivity index is 0.00000191. The summed E-state index contributed by atoms with van der Waals surface area (Å²) in [5.74, 6) is -0.712. The van der Waals surface area contributed by atoms with E-state index in [0.717, 1.165) is 6.08 Å². The topological polar surface area (TPSA) is 73.9 Å². The van der Waals surface area contributed by atoms with Gasteiger partial charge >= 0.3 is 11.9 Å². The largest absolute Gasteiger partial charge is 0.497 e. The normalized spacial score (nSPS) is 9.86. The van der Waals surface area contributed by atoms with E-state index in [1.165, 1.54) is 21.3 Å². The fourth-order valence-electron chi connectivity index (χ4n) is 1.29. The minimum Gasteiger partial charge on any atom is -0.497 e. The van der Waals surface area contributed by atoms with E-state index in [-0.39, 0.29) is 5.70 Å². The number of esters is 2. The second-order valence-electron chi connectivity index (χ2n) is 3.43. The van der Waals surface area contributed by atoms with Crippen LogP contribution in [0.5, 0.6) is 5.75 Å². The molecule has 1 N–H and O–H groups in total. The lowest BCUT2D eigenvalue weighted by Crippen LogP contribution is -2.15. The first-order valence-electron chi connectivity index (χ1n) is 6.39. The van der Waals surface area contributed by atoms with Crippen LogP contribution in [0.2, 0.25) is 0 Å². The lowest BCUT2D eigenvalue weighted by atomic mass is 10.2. The van der Waals surface area contributed by atoms with Crippen molar-refractivity contribution in [2.45, 2.75) is 13.8 Å². The van der Waals surface area contributed by atoms with Crippen molar-refractivity contribution in [1.82, 2.24) is 0 Å². The number of carbonyl (C=O) groups is 2. The molecule has 0 amide bonds. The summed E-state index contributed by atoms with van der Waals surface area (Å²) in [6.07, 6.45) is 1.02. The van der Waals surface area contributed by atoms with Crippen molar-refractivity contribution in [2.24, 2.45) is 0 Å². The van der Waals surface area contributed by atoms with E-state index in [0.29, 0.717) is 11.4 Å². The lowest BCUT2D eigenvalue weighted by molar-refractivity contribution is -0.138. The zero-order valence-electron chi connectivity index (χ0n) is 12.9. The predicted molar refractivity (Wildman–Crippen MR) is 80.1 cm³/mol. The van der Waals surface area contributed by atoms with Crippen LogP contribution in [0.25, 0.3) is 0 Å². The number of anilines is 1. The van der Waals surface area contributed by atoms with Gasteiger partial charge in [0, 0.05) is 11.8 Å². The Morgan fingerprint density at radius 3 is 2.29 bits per heavy atom. The predicted octanol–water partition coefficient (Wildman–Crippen LogP) is 2.36. The molecule has 0 saturated heterocycles. The number of carbonyl (C=O) groups excluding carboxylic acids is 2. The average Bonchev–Trinajstić information content (AvgIpc) is 2.55. The molecule has 1 rings (SSSR count). The summed E-state index contributed by atoms with van der Waals surface area (Å²) in [5, 5.41) is 2.78. The third kappa shape index (κ3) is 6.47. The highest BCUT2D eigenvalue weighted by Gasteiger charge is 2.12. The molecule has 1 aromatic rings. The Labute approximate surface area is 124 Å². The summed E-state index contributed by atoms with van der Waals surface area (Å²) in [5.41, 5.74) is 0.558. The average molecular weight is 295 g/mol. The molecule has 1 aromatic carbocycles. The molecule has 0 aliphatic carbocycles. The second kappa shape index (κ2) is 10.3. The molecular formula is C15H21NO5. The van der Waals surface area contributed by atoms with Crippen LogP contribution in [-0.4, -0.2) is 33.3 Å². The zero-order valence-corrected chi connectivity index (χ0v) is 12.9. The molecule has 6 heteroatoms. The first-order chi connectivity index (χ1) is 10.1. The van der Waals surface area contributed by atoms with Crippen LogP contribution in [-0.2, 0) is 19.1 Å². The molecule has 6 nitrogen and oxygen atoms in total. The summed E-state index contributed by atoms with van der Waals surface area (Å²) < 4.78 is 14.1. The molecule has 0 saturated carbocycles. The molecule has 21 heavy (non-hydrogen) atoms. The molecule has 0 spiro atoms. The van der Waals surface area contributed by atoms with Crippen LogP contribution in [0.4, 0.5) is 5.69 Å². The van der Waals surface area contributed by atoms with Gasteiger partial charge in [0.2, 0.25) is 0 Å². The van der Waals surface area contributed by atoms with Gasteiger partial charge in [-0.25, -0.2) is 9.59 Å². The van der Waals surface area contributed by atoms with Gasteiger partial charge in [0.15, 0.2) is 0 Å². The van der Waals surface area contributed by atoms with Gasteiger partial charge in [-0.3, -0.25) is 0 Å². The van der Waals surface area contributed by atoms with Gasteiger partial charge in [-0.2, -0.15) is 0 Å². The summed E-state index contributed by atoms with van der Waals surface area (Å²) in [6, 6.07) is 6.89. The summed E-state index contributed by atoms with van der Waals surface area (Å²) >= 11 is 0. The molecule has 0 unspecified atom stereocenters. The maximum atomic E-state index is 11.5. The number of hydrogen-bond donors (Lipinski definition) is 1. The second-order valence-corrected chi connectivity index (χ2v) is 3.43. The van der Waals surface area contributed by atoms with Crippen LogP contribution in [0, 0.1) is 0 Å². The molecule has 0 aliphatic heterocycles. The van der Waals surface area contributed by atoms with Gasteiger partial charge in [0.1, 0.15) is 11.4 Å². The monoisotopic (exact) mass is 295 g/mol. The molecule has 116 valence electrons. The standard InChI is InChI=1S/C13H15NO5.C2H6/c1-17-10-6-4-5-9(7-10)14-11(13(16)19-3)8-12(15)18-2;1-2/h4-8,14H,1-3H3;1-2H3/b11-8-;. The Morgan fingerprint density at radius 1 is 1.10 bits per heavy atom. The van der Waals surface area contributed by atoms with E-state index < -0.39 is 11.9 Å². The van der Waals surface area contributed by atoms with Crippen molar-refractivity contribution in [3.63, 3.8) is 0 Å². The van der Waals surface area contributed by atoms with Gasteiger partial charge in [-0.05, 0) is 12.1 Å². The first kappa shape index (κ1) is 18.5. The smallest absolute Gasteiger partial charge is 0.354 e. The number of methoxy groups -OCH3 is 3.